The Morgan fingerprint density at radius 1 is 2.00 bits per heavy atom. The number of rotatable bonds is 2. The van der Waals surface area contributed by atoms with E-state index in [9.17, 15) is 4.79 Å². The zero-order valence-electron chi connectivity index (χ0n) is 4.76. The van der Waals surface area contributed by atoms with Crippen LogP contribution in [-0.4, -0.2) is 19.1 Å². The molecule has 2 N–H and O–H groups in total. The van der Waals surface area contributed by atoms with Crippen molar-refractivity contribution in [3.8, 4) is 0 Å². The van der Waals surface area contributed by atoms with Gasteiger partial charge in [-0.1, -0.05) is 6.08 Å². The Bertz CT molecular complexity index is 101. The number of nitrogens with two attached hydrogens (primary N) is 1. The molecule has 0 spiro atoms. The number of hydrogen-bond donors (Lipinski definition) is 1. The van der Waals surface area contributed by atoms with Crippen molar-refractivity contribution in [3.05, 3.63) is 12.7 Å². The highest BCUT2D eigenvalue weighted by Gasteiger charge is 2.06. The van der Waals surface area contributed by atoms with Gasteiger partial charge in [0.2, 0.25) is 0 Å². The number of carbonyl (C=O) groups excluding carboxylic acids is 1. The zero-order chi connectivity index (χ0) is 6.57. The first-order valence-electron chi connectivity index (χ1n) is 2.18. The monoisotopic (exact) mass is 115 g/mol. The highest BCUT2D eigenvalue weighted by atomic mass is 16.5. The molecule has 0 fully saturated rings. The van der Waals surface area contributed by atoms with Gasteiger partial charge in [0.1, 0.15) is 6.04 Å². The fourth-order valence-corrected chi connectivity index (χ4v) is 0.232. The third-order valence-corrected chi connectivity index (χ3v) is 0.727. The second kappa shape index (κ2) is 3.21. The van der Waals surface area contributed by atoms with E-state index in [2.05, 4.69) is 11.3 Å². The summed E-state index contributed by atoms with van der Waals surface area (Å²) in [5.41, 5.74) is 5.13. The van der Waals surface area contributed by atoms with Crippen LogP contribution < -0.4 is 5.73 Å². The molecule has 0 aromatic heterocycles. The molecule has 1 atom stereocenters. The second-order valence-corrected chi connectivity index (χ2v) is 1.28. The van der Waals surface area contributed by atoms with Crippen LogP contribution in [0.2, 0.25) is 0 Å². The Balaban J connectivity index is 3.62. The Morgan fingerprint density at radius 2 is 2.50 bits per heavy atom. The molecular formula is C5H9NO2. The summed E-state index contributed by atoms with van der Waals surface area (Å²) in [5.74, 6) is -0.458. The molecule has 0 aliphatic rings. The topological polar surface area (TPSA) is 52.3 Å². The van der Waals surface area contributed by atoms with Crippen molar-refractivity contribution in [2.45, 2.75) is 6.04 Å². The summed E-state index contributed by atoms with van der Waals surface area (Å²) in [6.45, 7) is 3.30. The Hall–Kier alpha value is -0.830. The molecule has 0 aromatic rings. The molecule has 0 rings (SSSR count). The van der Waals surface area contributed by atoms with Crippen LogP contribution >= 0.6 is 0 Å². The van der Waals surface area contributed by atoms with Crippen molar-refractivity contribution in [3.63, 3.8) is 0 Å². The predicted molar refractivity (Wildman–Crippen MR) is 30.2 cm³/mol. The molecule has 8 heavy (non-hydrogen) atoms. The van der Waals surface area contributed by atoms with Crippen molar-refractivity contribution in [2.75, 3.05) is 7.11 Å². The molecular weight excluding hydrogens is 106 g/mol. The van der Waals surface area contributed by atoms with E-state index in [4.69, 9.17) is 5.73 Å². The lowest BCUT2D eigenvalue weighted by molar-refractivity contribution is -0.140. The van der Waals surface area contributed by atoms with E-state index in [-0.39, 0.29) is 0 Å². The SMILES string of the molecule is C=CC(N)C(=O)OC. The zero-order valence-corrected chi connectivity index (χ0v) is 4.76. The molecule has 1 unspecified atom stereocenters. The molecule has 0 heterocycles. The number of carbonyl (C=O) groups is 1. The van der Waals surface area contributed by atoms with Gasteiger partial charge in [0, 0.05) is 0 Å². The lowest BCUT2D eigenvalue weighted by atomic mass is 10.3. The molecule has 3 nitrogen and oxygen atoms in total. The molecule has 0 saturated heterocycles. The third-order valence-electron chi connectivity index (χ3n) is 0.727. The average molecular weight is 115 g/mol. The van der Waals surface area contributed by atoms with Gasteiger partial charge in [-0.3, -0.25) is 4.79 Å². The van der Waals surface area contributed by atoms with E-state index < -0.39 is 12.0 Å². The van der Waals surface area contributed by atoms with Crippen LogP contribution in [0.4, 0.5) is 0 Å². The average Bonchev–Trinajstić information content (AvgIpc) is 1.84. The van der Waals surface area contributed by atoms with Gasteiger partial charge in [-0.25, -0.2) is 0 Å². The first kappa shape index (κ1) is 7.17. The minimum absolute atomic E-state index is 0.458. The number of ether oxygens (including phenoxy) is 1. The lowest BCUT2D eigenvalue weighted by Gasteiger charge is -2.00. The summed E-state index contributed by atoms with van der Waals surface area (Å²) in [4.78, 5) is 10.3. The van der Waals surface area contributed by atoms with E-state index in [1.54, 1.807) is 0 Å². The normalized spacial score (nSPS) is 12.2. The molecule has 46 valence electrons. The van der Waals surface area contributed by atoms with Gasteiger partial charge >= 0.3 is 5.97 Å². The second-order valence-electron chi connectivity index (χ2n) is 1.28. The largest absolute Gasteiger partial charge is 0.468 e. The predicted octanol–water partition coefficient (Wildman–Crippen LogP) is -0.327. The van der Waals surface area contributed by atoms with E-state index >= 15 is 0 Å². The minimum Gasteiger partial charge on any atom is -0.468 e. The Kier molecular flexibility index (Phi) is 2.88. The standard InChI is InChI=1S/C5H9NO2/c1-3-4(6)5(7)8-2/h3-4H,1,6H2,2H3. The molecule has 0 saturated carbocycles. The quantitative estimate of drug-likeness (QED) is 0.396. The maximum atomic E-state index is 10.3. The van der Waals surface area contributed by atoms with E-state index in [0.29, 0.717) is 0 Å². The summed E-state index contributed by atoms with van der Waals surface area (Å²) < 4.78 is 4.27. The van der Waals surface area contributed by atoms with Gasteiger partial charge in [0.05, 0.1) is 7.11 Å². The number of methoxy groups -OCH3 is 1. The van der Waals surface area contributed by atoms with Crippen LogP contribution in [0, 0.1) is 0 Å². The van der Waals surface area contributed by atoms with E-state index in [1.807, 2.05) is 0 Å². The van der Waals surface area contributed by atoms with Crippen LogP contribution in [-0.2, 0) is 9.53 Å². The fourth-order valence-electron chi connectivity index (χ4n) is 0.232. The molecule has 0 aliphatic carbocycles. The van der Waals surface area contributed by atoms with Gasteiger partial charge in [0.25, 0.3) is 0 Å². The van der Waals surface area contributed by atoms with Crippen molar-refractivity contribution in [1.82, 2.24) is 0 Å². The van der Waals surface area contributed by atoms with Crippen molar-refractivity contribution in [2.24, 2.45) is 5.73 Å². The summed E-state index contributed by atoms with van der Waals surface area (Å²) in [6.07, 6.45) is 1.33. The summed E-state index contributed by atoms with van der Waals surface area (Å²) in [6, 6.07) is -0.681. The van der Waals surface area contributed by atoms with E-state index in [0.717, 1.165) is 0 Å². The minimum atomic E-state index is -0.681. The number of esters is 1. The van der Waals surface area contributed by atoms with Crippen LogP contribution in [0.1, 0.15) is 0 Å². The summed E-state index contributed by atoms with van der Waals surface area (Å²) in [5, 5.41) is 0. The first-order chi connectivity index (χ1) is 3.72. The van der Waals surface area contributed by atoms with Gasteiger partial charge in [-0.05, 0) is 0 Å². The fraction of sp³-hybridized carbons (Fsp3) is 0.400. The van der Waals surface area contributed by atoms with Crippen molar-refractivity contribution < 1.29 is 9.53 Å². The Morgan fingerprint density at radius 3 is 2.62 bits per heavy atom. The maximum Gasteiger partial charge on any atom is 0.326 e. The van der Waals surface area contributed by atoms with Crippen LogP contribution in [0.5, 0.6) is 0 Å². The highest BCUT2D eigenvalue weighted by molar-refractivity contribution is 5.77. The molecule has 0 amide bonds. The van der Waals surface area contributed by atoms with Gasteiger partial charge < -0.3 is 10.5 Å². The molecule has 0 bridgehead atoms. The summed E-state index contributed by atoms with van der Waals surface area (Å²) >= 11 is 0. The lowest BCUT2D eigenvalue weighted by Crippen LogP contribution is -2.28. The van der Waals surface area contributed by atoms with Crippen LogP contribution in [0.15, 0.2) is 12.7 Å². The van der Waals surface area contributed by atoms with Gasteiger partial charge in [-0.15, -0.1) is 6.58 Å². The highest BCUT2D eigenvalue weighted by Crippen LogP contribution is 1.81. The summed E-state index contributed by atoms with van der Waals surface area (Å²) in [7, 11) is 1.28. The van der Waals surface area contributed by atoms with Gasteiger partial charge in [-0.2, -0.15) is 0 Å². The molecule has 0 aromatic carbocycles. The van der Waals surface area contributed by atoms with Crippen molar-refractivity contribution >= 4 is 5.97 Å². The first-order valence-corrected chi connectivity index (χ1v) is 2.18. The Labute approximate surface area is 48.1 Å². The smallest absolute Gasteiger partial charge is 0.326 e. The van der Waals surface area contributed by atoms with Crippen LogP contribution in [0.25, 0.3) is 0 Å². The van der Waals surface area contributed by atoms with E-state index in [1.165, 1.54) is 13.2 Å². The molecule has 3 heteroatoms. The molecule has 0 aliphatic heterocycles. The van der Waals surface area contributed by atoms with Crippen LogP contribution in [0.3, 0.4) is 0 Å². The van der Waals surface area contributed by atoms with Gasteiger partial charge in [0.15, 0.2) is 0 Å². The maximum absolute atomic E-state index is 10.3. The molecule has 0 radical (unpaired) electrons. The number of hydrogen-bond acceptors (Lipinski definition) is 3. The van der Waals surface area contributed by atoms with Crippen molar-refractivity contribution in [1.29, 1.82) is 0 Å². The third kappa shape index (κ3) is 1.75.